The zero-order valence-electron chi connectivity index (χ0n) is 8.70. The van der Waals surface area contributed by atoms with Gasteiger partial charge in [-0.3, -0.25) is 9.69 Å². The third-order valence-corrected chi connectivity index (χ3v) is 2.90. The van der Waals surface area contributed by atoms with Crippen LogP contribution in [0.3, 0.4) is 0 Å². The summed E-state index contributed by atoms with van der Waals surface area (Å²) in [6.07, 6.45) is 4.14. The van der Waals surface area contributed by atoms with Crippen LogP contribution in [0, 0.1) is 0 Å². The Morgan fingerprint density at radius 1 is 1.47 bits per heavy atom. The van der Waals surface area contributed by atoms with Crippen molar-refractivity contribution in [2.75, 3.05) is 19.7 Å². The van der Waals surface area contributed by atoms with Crippen LogP contribution in [0.2, 0.25) is 0 Å². The smallest absolute Gasteiger partial charge is 0.410 e. The summed E-state index contributed by atoms with van der Waals surface area (Å²) in [6.45, 7) is 1.06. The molecule has 15 heavy (non-hydrogen) atoms. The fourth-order valence-corrected chi connectivity index (χ4v) is 2.09. The molecule has 2 rings (SSSR count). The Morgan fingerprint density at radius 3 is 2.80 bits per heavy atom. The van der Waals surface area contributed by atoms with Crippen LogP contribution in [-0.2, 0) is 9.53 Å². The number of ether oxygens (including phenoxy) is 1. The van der Waals surface area contributed by atoms with Crippen molar-refractivity contribution in [3.63, 3.8) is 0 Å². The number of carbonyl (C=O) groups is 2. The summed E-state index contributed by atoms with van der Waals surface area (Å²) >= 11 is 0. The third-order valence-electron chi connectivity index (χ3n) is 2.90. The van der Waals surface area contributed by atoms with E-state index in [1.54, 1.807) is 0 Å². The highest BCUT2D eigenvalue weighted by Crippen LogP contribution is 2.17. The molecule has 0 spiro atoms. The highest BCUT2D eigenvalue weighted by atomic mass is 16.6. The van der Waals surface area contributed by atoms with E-state index in [0.29, 0.717) is 19.2 Å². The monoisotopic (exact) mass is 212 g/mol. The average molecular weight is 212 g/mol. The van der Waals surface area contributed by atoms with Crippen LogP contribution < -0.4 is 5.32 Å². The summed E-state index contributed by atoms with van der Waals surface area (Å²) in [4.78, 5) is 24.0. The van der Waals surface area contributed by atoms with E-state index in [9.17, 15) is 9.59 Å². The van der Waals surface area contributed by atoms with Gasteiger partial charge < -0.3 is 10.1 Å². The van der Waals surface area contributed by atoms with Gasteiger partial charge in [0.2, 0.25) is 5.91 Å². The Bertz CT molecular complexity index is 261. The topological polar surface area (TPSA) is 58.6 Å². The summed E-state index contributed by atoms with van der Waals surface area (Å²) in [5.41, 5.74) is 0. The van der Waals surface area contributed by atoms with Gasteiger partial charge >= 0.3 is 6.09 Å². The Balaban J connectivity index is 1.74. The van der Waals surface area contributed by atoms with Crippen LogP contribution in [0.5, 0.6) is 0 Å². The summed E-state index contributed by atoms with van der Waals surface area (Å²) < 4.78 is 4.74. The maximum absolute atomic E-state index is 11.5. The quantitative estimate of drug-likeness (QED) is 0.741. The molecular formula is C10H16N2O3. The fourth-order valence-electron chi connectivity index (χ4n) is 2.09. The van der Waals surface area contributed by atoms with Crippen LogP contribution >= 0.6 is 0 Å². The molecule has 0 aromatic carbocycles. The van der Waals surface area contributed by atoms with E-state index >= 15 is 0 Å². The molecule has 0 radical (unpaired) electrons. The number of nitrogens with zero attached hydrogens (tertiary/aromatic N) is 1. The number of rotatable bonds is 3. The second-order valence-corrected chi connectivity index (χ2v) is 4.08. The van der Waals surface area contributed by atoms with E-state index in [2.05, 4.69) is 5.32 Å². The molecule has 5 nitrogen and oxygen atoms in total. The van der Waals surface area contributed by atoms with E-state index in [-0.39, 0.29) is 18.5 Å². The molecular weight excluding hydrogens is 196 g/mol. The first-order valence-electron chi connectivity index (χ1n) is 5.47. The van der Waals surface area contributed by atoms with Crippen molar-refractivity contribution in [3.8, 4) is 0 Å². The molecule has 0 atom stereocenters. The van der Waals surface area contributed by atoms with Crippen molar-refractivity contribution in [1.82, 2.24) is 10.2 Å². The third kappa shape index (κ3) is 2.61. The molecule has 2 fully saturated rings. The number of hydrogen-bond acceptors (Lipinski definition) is 3. The maximum Gasteiger partial charge on any atom is 0.410 e. The van der Waals surface area contributed by atoms with Crippen molar-refractivity contribution < 1.29 is 14.3 Å². The van der Waals surface area contributed by atoms with Gasteiger partial charge in [-0.1, -0.05) is 12.8 Å². The van der Waals surface area contributed by atoms with E-state index in [4.69, 9.17) is 4.74 Å². The lowest BCUT2D eigenvalue weighted by Crippen LogP contribution is -2.41. The SMILES string of the molecule is O=C(CN1CCOC1=O)NC1CCCC1. The first-order chi connectivity index (χ1) is 7.25. The molecule has 0 aromatic heterocycles. The van der Waals surface area contributed by atoms with Gasteiger partial charge in [-0.25, -0.2) is 4.79 Å². The van der Waals surface area contributed by atoms with Crippen molar-refractivity contribution in [2.45, 2.75) is 31.7 Å². The molecule has 0 aromatic rings. The Kier molecular flexibility index (Phi) is 3.08. The predicted octanol–water partition coefficient (Wildman–Crippen LogP) is 0.497. The number of amides is 2. The van der Waals surface area contributed by atoms with Crippen molar-refractivity contribution >= 4 is 12.0 Å². The Morgan fingerprint density at radius 2 is 2.20 bits per heavy atom. The lowest BCUT2D eigenvalue weighted by Gasteiger charge is -2.15. The van der Waals surface area contributed by atoms with E-state index in [1.165, 1.54) is 17.7 Å². The minimum atomic E-state index is -0.378. The molecule has 1 heterocycles. The van der Waals surface area contributed by atoms with Crippen LogP contribution in [0.1, 0.15) is 25.7 Å². The zero-order valence-corrected chi connectivity index (χ0v) is 8.70. The average Bonchev–Trinajstić information content (AvgIpc) is 2.79. The van der Waals surface area contributed by atoms with Crippen LogP contribution in [0.4, 0.5) is 4.79 Å². The second-order valence-electron chi connectivity index (χ2n) is 4.08. The molecule has 1 aliphatic carbocycles. The van der Waals surface area contributed by atoms with Crippen molar-refractivity contribution in [1.29, 1.82) is 0 Å². The summed E-state index contributed by atoms with van der Waals surface area (Å²) in [5.74, 6) is -0.0687. The molecule has 2 amide bonds. The van der Waals surface area contributed by atoms with Crippen LogP contribution in [0.25, 0.3) is 0 Å². The first kappa shape index (κ1) is 10.3. The molecule has 1 aliphatic heterocycles. The van der Waals surface area contributed by atoms with Gasteiger partial charge in [-0.15, -0.1) is 0 Å². The summed E-state index contributed by atoms with van der Waals surface area (Å²) in [7, 11) is 0. The van der Waals surface area contributed by atoms with Gasteiger partial charge in [0, 0.05) is 6.04 Å². The molecule has 1 saturated carbocycles. The highest BCUT2D eigenvalue weighted by molar-refractivity contribution is 5.82. The van der Waals surface area contributed by atoms with Gasteiger partial charge in [0.05, 0.1) is 6.54 Å². The molecule has 0 unspecified atom stereocenters. The van der Waals surface area contributed by atoms with Crippen LogP contribution in [0.15, 0.2) is 0 Å². The van der Waals surface area contributed by atoms with Crippen molar-refractivity contribution in [3.05, 3.63) is 0 Å². The van der Waals surface area contributed by atoms with Gasteiger partial charge in [-0.2, -0.15) is 0 Å². The highest BCUT2D eigenvalue weighted by Gasteiger charge is 2.25. The zero-order chi connectivity index (χ0) is 10.7. The number of nitrogens with one attached hydrogen (secondary N) is 1. The number of cyclic esters (lactones) is 1. The minimum absolute atomic E-state index is 0.0687. The number of hydrogen-bond donors (Lipinski definition) is 1. The largest absolute Gasteiger partial charge is 0.448 e. The van der Waals surface area contributed by atoms with Crippen LogP contribution in [-0.4, -0.2) is 42.6 Å². The lowest BCUT2D eigenvalue weighted by atomic mass is 10.2. The van der Waals surface area contributed by atoms with Gasteiger partial charge in [0.1, 0.15) is 13.2 Å². The normalized spacial score (nSPS) is 21.9. The van der Waals surface area contributed by atoms with E-state index in [0.717, 1.165) is 12.8 Å². The standard InChI is InChI=1S/C10H16N2O3/c13-9(11-8-3-1-2-4-8)7-12-5-6-15-10(12)14/h8H,1-7H2,(H,11,13). The molecule has 1 N–H and O–H groups in total. The Labute approximate surface area is 88.8 Å². The molecule has 5 heteroatoms. The fraction of sp³-hybridized carbons (Fsp3) is 0.800. The molecule has 84 valence electrons. The second kappa shape index (κ2) is 4.51. The number of carbonyl (C=O) groups excluding carboxylic acids is 2. The molecule has 1 saturated heterocycles. The summed E-state index contributed by atoms with van der Waals surface area (Å²) in [6, 6.07) is 0.316. The molecule has 2 aliphatic rings. The van der Waals surface area contributed by atoms with Gasteiger partial charge in [0.25, 0.3) is 0 Å². The van der Waals surface area contributed by atoms with E-state index < -0.39 is 0 Å². The Hall–Kier alpha value is -1.26. The van der Waals surface area contributed by atoms with Gasteiger partial charge in [0.15, 0.2) is 0 Å². The van der Waals surface area contributed by atoms with E-state index in [1.807, 2.05) is 0 Å². The van der Waals surface area contributed by atoms with Gasteiger partial charge in [-0.05, 0) is 12.8 Å². The molecule has 0 bridgehead atoms. The summed E-state index contributed by atoms with van der Waals surface area (Å²) in [5, 5.41) is 2.94. The first-order valence-corrected chi connectivity index (χ1v) is 5.47. The predicted molar refractivity (Wildman–Crippen MR) is 53.3 cm³/mol. The lowest BCUT2D eigenvalue weighted by molar-refractivity contribution is -0.122. The van der Waals surface area contributed by atoms with Crippen molar-refractivity contribution in [2.24, 2.45) is 0 Å². The maximum atomic E-state index is 11.5. The minimum Gasteiger partial charge on any atom is -0.448 e.